The van der Waals surface area contributed by atoms with Gasteiger partial charge in [-0.1, -0.05) is 24.3 Å². The van der Waals surface area contributed by atoms with Gasteiger partial charge in [0.1, 0.15) is 0 Å². The highest BCUT2D eigenvalue weighted by Crippen LogP contribution is 2.42. The van der Waals surface area contributed by atoms with E-state index >= 15 is 0 Å². The molecular formula is C20H13NS2. The summed E-state index contributed by atoms with van der Waals surface area (Å²) in [6.45, 7) is 0. The van der Waals surface area contributed by atoms with Crippen LogP contribution in [0.25, 0.3) is 33.6 Å². The zero-order valence-electron chi connectivity index (χ0n) is 12.3. The third-order valence-corrected chi connectivity index (χ3v) is 5.78. The summed E-state index contributed by atoms with van der Waals surface area (Å²) in [7, 11) is 0. The van der Waals surface area contributed by atoms with Crippen LogP contribution in [0.2, 0.25) is 0 Å². The predicted octanol–water partition coefficient (Wildman–Crippen LogP) is 6.11. The van der Waals surface area contributed by atoms with Gasteiger partial charge in [-0.05, 0) is 56.6 Å². The Bertz CT molecular complexity index is 983. The van der Waals surface area contributed by atoms with E-state index in [1.54, 1.807) is 22.7 Å². The van der Waals surface area contributed by atoms with Crippen LogP contribution < -0.4 is 0 Å². The van der Waals surface area contributed by atoms with Gasteiger partial charge in [-0.25, -0.2) is 4.98 Å². The molecule has 1 nitrogen and oxygen atoms in total. The quantitative estimate of drug-likeness (QED) is 0.380. The van der Waals surface area contributed by atoms with Crippen molar-refractivity contribution in [3.05, 3.63) is 75.1 Å². The number of aromatic nitrogens is 1. The van der Waals surface area contributed by atoms with E-state index in [2.05, 4.69) is 64.0 Å². The molecular weight excluding hydrogens is 318 g/mol. The van der Waals surface area contributed by atoms with Crippen LogP contribution in [0.3, 0.4) is 0 Å². The molecule has 110 valence electrons. The minimum atomic E-state index is 0.980. The van der Waals surface area contributed by atoms with Crippen LogP contribution in [0.4, 0.5) is 0 Å². The molecule has 3 aromatic heterocycles. The molecule has 0 radical (unpaired) electrons. The van der Waals surface area contributed by atoms with Gasteiger partial charge in [-0.2, -0.15) is 22.7 Å². The monoisotopic (exact) mass is 331 g/mol. The van der Waals surface area contributed by atoms with Crippen molar-refractivity contribution < 1.29 is 0 Å². The van der Waals surface area contributed by atoms with Crippen molar-refractivity contribution in [3.63, 3.8) is 0 Å². The van der Waals surface area contributed by atoms with E-state index in [4.69, 9.17) is 4.98 Å². The molecule has 1 aromatic carbocycles. The van der Waals surface area contributed by atoms with Crippen LogP contribution >= 0.6 is 22.7 Å². The smallest absolute Gasteiger partial charge is 0.0753 e. The highest BCUT2D eigenvalue weighted by Gasteiger charge is 2.24. The first-order chi connectivity index (χ1) is 11.4. The highest BCUT2D eigenvalue weighted by atomic mass is 32.1. The van der Waals surface area contributed by atoms with Gasteiger partial charge < -0.3 is 0 Å². The van der Waals surface area contributed by atoms with E-state index in [1.807, 2.05) is 0 Å². The Morgan fingerprint density at radius 1 is 0.826 bits per heavy atom. The fourth-order valence-corrected chi connectivity index (χ4v) is 4.61. The molecule has 0 amide bonds. The topological polar surface area (TPSA) is 12.9 Å². The summed E-state index contributed by atoms with van der Waals surface area (Å²) in [5.74, 6) is 0. The third kappa shape index (κ3) is 2.08. The van der Waals surface area contributed by atoms with Gasteiger partial charge in [0.25, 0.3) is 0 Å². The lowest BCUT2D eigenvalue weighted by Crippen LogP contribution is -1.93. The van der Waals surface area contributed by atoms with Gasteiger partial charge in [-0.15, -0.1) is 0 Å². The highest BCUT2D eigenvalue weighted by molar-refractivity contribution is 7.08. The minimum Gasteiger partial charge on any atom is -0.247 e. The van der Waals surface area contributed by atoms with E-state index in [0.29, 0.717) is 0 Å². The van der Waals surface area contributed by atoms with Crippen molar-refractivity contribution in [2.75, 3.05) is 0 Å². The van der Waals surface area contributed by atoms with Crippen molar-refractivity contribution in [1.82, 2.24) is 4.98 Å². The van der Waals surface area contributed by atoms with Crippen LogP contribution in [0.1, 0.15) is 11.1 Å². The molecule has 3 heteroatoms. The molecule has 0 saturated carbocycles. The molecule has 5 rings (SSSR count). The molecule has 0 N–H and O–H groups in total. The van der Waals surface area contributed by atoms with Crippen LogP contribution in [-0.4, -0.2) is 4.98 Å². The average Bonchev–Trinajstić information content (AvgIpc) is 3.33. The van der Waals surface area contributed by atoms with E-state index in [9.17, 15) is 0 Å². The Labute approximate surface area is 142 Å². The first-order valence-electron chi connectivity index (χ1n) is 7.57. The van der Waals surface area contributed by atoms with Gasteiger partial charge in [0, 0.05) is 22.9 Å². The predicted molar refractivity (Wildman–Crippen MR) is 99.1 cm³/mol. The fourth-order valence-electron chi connectivity index (χ4n) is 3.30. The molecule has 0 atom stereocenters. The first kappa shape index (κ1) is 13.2. The Balaban J connectivity index is 1.81. The van der Waals surface area contributed by atoms with E-state index in [-0.39, 0.29) is 0 Å². The zero-order valence-corrected chi connectivity index (χ0v) is 14.0. The van der Waals surface area contributed by atoms with Gasteiger partial charge >= 0.3 is 0 Å². The zero-order chi connectivity index (χ0) is 15.2. The molecule has 1 aliphatic rings. The third-order valence-electron chi connectivity index (χ3n) is 4.41. The summed E-state index contributed by atoms with van der Waals surface area (Å²) in [5, 5.41) is 8.67. The van der Waals surface area contributed by atoms with Crippen LogP contribution in [0.15, 0.2) is 64.0 Å². The second-order valence-corrected chi connectivity index (χ2v) is 7.30. The molecule has 0 fully saturated rings. The Morgan fingerprint density at radius 3 is 2.39 bits per heavy atom. The van der Waals surface area contributed by atoms with Gasteiger partial charge in [0.05, 0.1) is 11.4 Å². The summed E-state index contributed by atoms with van der Waals surface area (Å²) in [6.07, 6.45) is 0.980. The van der Waals surface area contributed by atoms with Crippen molar-refractivity contribution in [2.45, 2.75) is 6.42 Å². The van der Waals surface area contributed by atoms with Crippen molar-refractivity contribution >= 4 is 22.7 Å². The van der Waals surface area contributed by atoms with Crippen LogP contribution in [-0.2, 0) is 6.42 Å². The number of hydrogen-bond acceptors (Lipinski definition) is 3. The normalized spacial score (nSPS) is 12.2. The number of fused-ring (bicyclic) bond motifs is 3. The molecule has 4 aromatic rings. The molecule has 0 bridgehead atoms. The lowest BCUT2D eigenvalue weighted by Gasteiger charge is -2.10. The largest absolute Gasteiger partial charge is 0.247 e. The maximum absolute atomic E-state index is 5.02. The molecule has 1 aliphatic carbocycles. The SMILES string of the molecule is c1ccc2c(c1)Cc1c(-c3ccsc3)cc(-c3ccsc3)nc1-2. The van der Waals surface area contributed by atoms with Crippen LogP contribution in [0, 0.1) is 0 Å². The standard InChI is InChI=1S/C20H13NS2/c1-2-4-16-13(3-1)9-18-17(14-5-7-22-11-14)10-19(21-20(16)18)15-6-8-23-12-15/h1-8,10-12H,9H2. The minimum absolute atomic E-state index is 0.980. The van der Waals surface area contributed by atoms with Crippen molar-refractivity contribution in [3.8, 4) is 33.6 Å². The van der Waals surface area contributed by atoms with Crippen LogP contribution in [0.5, 0.6) is 0 Å². The lowest BCUT2D eigenvalue weighted by molar-refractivity contribution is 1.23. The number of benzene rings is 1. The van der Waals surface area contributed by atoms with Gasteiger partial charge in [0.15, 0.2) is 0 Å². The second-order valence-electron chi connectivity index (χ2n) is 5.74. The van der Waals surface area contributed by atoms with E-state index in [0.717, 1.165) is 17.8 Å². The summed E-state index contributed by atoms with van der Waals surface area (Å²) in [6, 6.07) is 15.3. The Hall–Kier alpha value is -2.23. The molecule has 0 aliphatic heterocycles. The number of pyridine rings is 1. The fraction of sp³-hybridized carbons (Fsp3) is 0.0500. The summed E-state index contributed by atoms with van der Waals surface area (Å²) in [4.78, 5) is 5.02. The molecule has 0 unspecified atom stereocenters. The summed E-state index contributed by atoms with van der Waals surface area (Å²) in [5.41, 5.74) is 10.1. The number of thiophene rings is 2. The molecule has 3 heterocycles. The first-order valence-corrected chi connectivity index (χ1v) is 9.46. The molecule has 0 saturated heterocycles. The maximum Gasteiger partial charge on any atom is 0.0753 e. The van der Waals surface area contributed by atoms with E-state index < -0.39 is 0 Å². The summed E-state index contributed by atoms with van der Waals surface area (Å²) >= 11 is 3.47. The molecule has 0 spiro atoms. The van der Waals surface area contributed by atoms with Gasteiger partial charge in [0.2, 0.25) is 0 Å². The second kappa shape index (κ2) is 5.15. The van der Waals surface area contributed by atoms with Crippen molar-refractivity contribution in [1.29, 1.82) is 0 Å². The van der Waals surface area contributed by atoms with E-state index in [1.165, 1.54) is 33.4 Å². The van der Waals surface area contributed by atoms with Gasteiger partial charge in [-0.3, -0.25) is 0 Å². The summed E-state index contributed by atoms with van der Waals surface area (Å²) < 4.78 is 0. The average molecular weight is 331 g/mol. The number of nitrogens with zero attached hydrogens (tertiary/aromatic N) is 1. The number of hydrogen-bond donors (Lipinski definition) is 0. The number of rotatable bonds is 2. The Kier molecular flexibility index (Phi) is 2.96. The lowest BCUT2D eigenvalue weighted by atomic mass is 9.99. The Morgan fingerprint density at radius 2 is 1.61 bits per heavy atom. The van der Waals surface area contributed by atoms with Crippen molar-refractivity contribution in [2.24, 2.45) is 0 Å². The maximum atomic E-state index is 5.02. The molecule has 23 heavy (non-hydrogen) atoms.